The highest BCUT2D eigenvalue weighted by Gasteiger charge is 2.30. The van der Waals surface area contributed by atoms with Crippen LogP contribution in [0.1, 0.15) is 21.6 Å². The molecule has 2 aromatic rings. The molecular weight excluding hydrogens is 323 g/mol. The summed E-state index contributed by atoms with van der Waals surface area (Å²) in [6, 6.07) is 7.95. The van der Waals surface area contributed by atoms with Gasteiger partial charge >= 0.3 is 6.18 Å². The first-order valence-corrected chi connectivity index (χ1v) is 6.94. The first kappa shape index (κ1) is 17.5. The number of nitrogens with zero attached hydrogens (tertiary/aromatic N) is 1. The number of alkyl halides is 3. The average Bonchev–Trinajstić information content (AvgIpc) is 2.54. The maximum atomic E-state index is 12.5. The van der Waals surface area contributed by atoms with Crippen molar-refractivity contribution in [2.45, 2.75) is 18.6 Å². The molecule has 0 aliphatic heterocycles. The lowest BCUT2D eigenvalue weighted by molar-refractivity contribution is -0.137. The van der Waals surface area contributed by atoms with Crippen LogP contribution >= 0.6 is 0 Å². The third-order valence-corrected chi connectivity index (χ3v) is 3.27. The molecule has 0 saturated heterocycles. The van der Waals surface area contributed by atoms with Crippen LogP contribution in [0.15, 0.2) is 48.7 Å². The number of carbonyl (C=O) groups excluding carboxylic acids is 2. The summed E-state index contributed by atoms with van der Waals surface area (Å²) < 4.78 is 37.6. The number of primary amides is 1. The van der Waals surface area contributed by atoms with Gasteiger partial charge in [0.25, 0.3) is 5.91 Å². The van der Waals surface area contributed by atoms with E-state index in [0.717, 1.165) is 12.1 Å². The number of nitrogens with two attached hydrogens (primary N) is 1. The number of hydrogen-bond donors (Lipinski definition) is 2. The molecule has 3 N–H and O–H groups in total. The van der Waals surface area contributed by atoms with Gasteiger partial charge in [0, 0.05) is 12.6 Å². The second kappa shape index (κ2) is 7.12. The number of rotatable bonds is 5. The molecule has 0 aliphatic rings. The summed E-state index contributed by atoms with van der Waals surface area (Å²) in [5, 5.41) is 2.43. The number of aromatic nitrogens is 1. The highest BCUT2D eigenvalue weighted by molar-refractivity contribution is 5.95. The number of nitrogens with one attached hydrogen (secondary N) is 1. The van der Waals surface area contributed by atoms with Crippen LogP contribution in [0, 0.1) is 0 Å². The lowest BCUT2D eigenvalue weighted by atomic mass is 10.0. The smallest absolute Gasteiger partial charge is 0.368 e. The fraction of sp³-hybridized carbons (Fsp3) is 0.188. The van der Waals surface area contributed by atoms with E-state index in [2.05, 4.69) is 10.3 Å². The summed E-state index contributed by atoms with van der Waals surface area (Å²) in [5.41, 5.74) is 5.01. The first-order valence-electron chi connectivity index (χ1n) is 6.94. The van der Waals surface area contributed by atoms with Crippen molar-refractivity contribution in [3.05, 3.63) is 65.5 Å². The van der Waals surface area contributed by atoms with E-state index in [1.165, 1.54) is 24.4 Å². The Bertz CT molecular complexity index is 716. The number of carbonyl (C=O) groups is 2. The Hall–Kier alpha value is -2.90. The third kappa shape index (κ3) is 4.55. The van der Waals surface area contributed by atoms with Crippen LogP contribution in [0.5, 0.6) is 0 Å². The Balaban J connectivity index is 2.09. The van der Waals surface area contributed by atoms with E-state index in [-0.39, 0.29) is 12.1 Å². The molecule has 1 aromatic heterocycles. The zero-order chi connectivity index (χ0) is 17.7. The molecule has 0 radical (unpaired) electrons. The predicted molar refractivity (Wildman–Crippen MR) is 79.8 cm³/mol. The Labute approximate surface area is 135 Å². The molecule has 5 nitrogen and oxygen atoms in total. The van der Waals surface area contributed by atoms with Crippen molar-refractivity contribution in [2.75, 3.05) is 0 Å². The van der Waals surface area contributed by atoms with E-state index < -0.39 is 29.6 Å². The van der Waals surface area contributed by atoms with Gasteiger partial charge in [-0.2, -0.15) is 13.2 Å². The van der Waals surface area contributed by atoms with E-state index in [0.29, 0.717) is 5.56 Å². The standard InChI is InChI=1S/C16H14F3N3O2/c17-16(18,19)11-6-4-10(5-7-11)9-13(14(20)23)22-15(24)12-3-1-2-8-21-12/h1-8,13H,9H2,(H2,20,23)(H,22,24)/t13-/m0/s1. The highest BCUT2D eigenvalue weighted by Crippen LogP contribution is 2.29. The van der Waals surface area contributed by atoms with Gasteiger partial charge < -0.3 is 11.1 Å². The fourth-order valence-corrected chi connectivity index (χ4v) is 2.02. The number of pyridine rings is 1. The molecule has 1 heterocycles. The molecule has 1 atom stereocenters. The summed E-state index contributed by atoms with van der Waals surface area (Å²) >= 11 is 0. The molecule has 0 spiro atoms. The van der Waals surface area contributed by atoms with E-state index in [4.69, 9.17) is 5.73 Å². The molecule has 0 saturated carbocycles. The molecule has 2 rings (SSSR count). The molecule has 24 heavy (non-hydrogen) atoms. The van der Waals surface area contributed by atoms with E-state index >= 15 is 0 Å². The molecule has 1 aromatic carbocycles. The molecule has 0 unspecified atom stereocenters. The zero-order valence-electron chi connectivity index (χ0n) is 12.4. The second-order valence-corrected chi connectivity index (χ2v) is 5.04. The minimum absolute atomic E-state index is 0.0218. The molecule has 0 aliphatic carbocycles. The van der Waals surface area contributed by atoms with Gasteiger partial charge in [0.2, 0.25) is 5.91 Å². The number of benzene rings is 1. The maximum absolute atomic E-state index is 12.5. The molecule has 0 bridgehead atoms. The van der Waals surface area contributed by atoms with Crippen LogP contribution in [-0.2, 0) is 17.4 Å². The van der Waals surface area contributed by atoms with Gasteiger partial charge in [0.15, 0.2) is 0 Å². The zero-order valence-corrected chi connectivity index (χ0v) is 12.4. The normalized spacial score (nSPS) is 12.5. The average molecular weight is 337 g/mol. The van der Waals surface area contributed by atoms with Crippen molar-refractivity contribution in [1.29, 1.82) is 0 Å². The van der Waals surface area contributed by atoms with Gasteiger partial charge in [-0.3, -0.25) is 14.6 Å². The van der Waals surface area contributed by atoms with Crippen molar-refractivity contribution >= 4 is 11.8 Å². The third-order valence-electron chi connectivity index (χ3n) is 3.27. The van der Waals surface area contributed by atoms with Gasteiger partial charge in [0.05, 0.1) is 5.56 Å². The van der Waals surface area contributed by atoms with Crippen LogP contribution in [0.2, 0.25) is 0 Å². The summed E-state index contributed by atoms with van der Waals surface area (Å²) in [6.07, 6.45) is -3.04. The van der Waals surface area contributed by atoms with Crippen molar-refractivity contribution in [1.82, 2.24) is 10.3 Å². The molecule has 0 fully saturated rings. The Morgan fingerprint density at radius 3 is 2.29 bits per heavy atom. The molecule has 126 valence electrons. The van der Waals surface area contributed by atoms with Crippen molar-refractivity contribution in [2.24, 2.45) is 5.73 Å². The van der Waals surface area contributed by atoms with Gasteiger partial charge in [0.1, 0.15) is 11.7 Å². The topological polar surface area (TPSA) is 85.1 Å². The van der Waals surface area contributed by atoms with Crippen molar-refractivity contribution < 1.29 is 22.8 Å². The molecular formula is C16H14F3N3O2. The first-order chi connectivity index (χ1) is 11.3. The number of halogens is 3. The van der Waals surface area contributed by atoms with Gasteiger partial charge in [-0.1, -0.05) is 18.2 Å². The number of hydrogen-bond acceptors (Lipinski definition) is 3. The Kier molecular flexibility index (Phi) is 5.18. The van der Waals surface area contributed by atoms with Gasteiger partial charge in [-0.15, -0.1) is 0 Å². The second-order valence-electron chi connectivity index (χ2n) is 5.04. The fourth-order valence-electron chi connectivity index (χ4n) is 2.02. The summed E-state index contributed by atoms with van der Waals surface area (Å²) in [5.74, 6) is -1.38. The lowest BCUT2D eigenvalue weighted by Crippen LogP contribution is -2.46. The van der Waals surface area contributed by atoms with Crippen LogP contribution < -0.4 is 11.1 Å². The van der Waals surface area contributed by atoms with Crippen molar-refractivity contribution in [3.63, 3.8) is 0 Å². The summed E-state index contributed by atoms with van der Waals surface area (Å²) in [4.78, 5) is 27.4. The van der Waals surface area contributed by atoms with Crippen LogP contribution in [-0.4, -0.2) is 22.8 Å². The summed E-state index contributed by atoms with van der Waals surface area (Å²) in [7, 11) is 0. The Morgan fingerprint density at radius 1 is 1.12 bits per heavy atom. The van der Waals surface area contributed by atoms with E-state index in [1.54, 1.807) is 12.1 Å². The Morgan fingerprint density at radius 2 is 1.79 bits per heavy atom. The highest BCUT2D eigenvalue weighted by atomic mass is 19.4. The number of amides is 2. The SMILES string of the molecule is NC(=O)[C@H](Cc1ccc(C(F)(F)F)cc1)NC(=O)c1ccccn1. The van der Waals surface area contributed by atoms with E-state index in [9.17, 15) is 22.8 Å². The van der Waals surface area contributed by atoms with Gasteiger partial charge in [-0.05, 0) is 29.8 Å². The quantitative estimate of drug-likeness (QED) is 0.874. The lowest BCUT2D eigenvalue weighted by Gasteiger charge is -2.16. The molecule has 8 heteroatoms. The maximum Gasteiger partial charge on any atom is 0.416 e. The summed E-state index contributed by atoms with van der Waals surface area (Å²) in [6.45, 7) is 0. The monoisotopic (exact) mass is 337 g/mol. The predicted octanol–water partition coefficient (Wildman–Crippen LogP) is 1.93. The minimum Gasteiger partial charge on any atom is -0.368 e. The largest absolute Gasteiger partial charge is 0.416 e. The van der Waals surface area contributed by atoms with Gasteiger partial charge in [-0.25, -0.2) is 0 Å². The minimum atomic E-state index is -4.44. The van der Waals surface area contributed by atoms with Crippen molar-refractivity contribution in [3.8, 4) is 0 Å². The van der Waals surface area contributed by atoms with E-state index in [1.807, 2.05) is 0 Å². The molecule has 2 amide bonds. The van der Waals surface area contributed by atoms with Crippen LogP contribution in [0.25, 0.3) is 0 Å². The van der Waals surface area contributed by atoms with Crippen LogP contribution in [0.3, 0.4) is 0 Å². The van der Waals surface area contributed by atoms with Crippen LogP contribution in [0.4, 0.5) is 13.2 Å².